The lowest BCUT2D eigenvalue weighted by Gasteiger charge is -2.17. The standard InChI is InChI=1S/C18H24N4O/c1-14(2)12-20-17-5-4-16(13-21-17)18(23)22(3)11-8-15-6-9-19-10-7-15/h4-7,9-10,13-14H,8,11-12H2,1-3H3,(H,20,21). The number of pyridine rings is 2. The van der Waals surface area contributed by atoms with Gasteiger partial charge >= 0.3 is 0 Å². The second kappa shape index (κ2) is 8.27. The first-order valence-corrected chi connectivity index (χ1v) is 7.90. The zero-order valence-electron chi connectivity index (χ0n) is 14.0. The van der Waals surface area contributed by atoms with E-state index in [0.717, 1.165) is 18.8 Å². The highest BCUT2D eigenvalue weighted by Gasteiger charge is 2.12. The number of hydrogen-bond donors (Lipinski definition) is 1. The van der Waals surface area contributed by atoms with Crippen LogP contribution in [0.25, 0.3) is 0 Å². The van der Waals surface area contributed by atoms with Crippen LogP contribution in [0.1, 0.15) is 29.8 Å². The van der Waals surface area contributed by atoms with Crippen LogP contribution in [0, 0.1) is 5.92 Å². The fourth-order valence-corrected chi connectivity index (χ4v) is 2.10. The van der Waals surface area contributed by atoms with Crippen molar-refractivity contribution in [3.05, 3.63) is 54.0 Å². The third-order valence-corrected chi connectivity index (χ3v) is 3.53. The lowest BCUT2D eigenvalue weighted by molar-refractivity contribution is 0.0796. The molecule has 0 atom stereocenters. The van der Waals surface area contributed by atoms with Gasteiger partial charge in [-0.25, -0.2) is 4.98 Å². The Morgan fingerprint density at radius 3 is 2.57 bits per heavy atom. The van der Waals surface area contributed by atoms with Gasteiger partial charge < -0.3 is 10.2 Å². The van der Waals surface area contributed by atoms with Gasteiger partial charge in [-0.15, -0.1) is 0 Å². The number of hydrogen-bond acceptors (Lipinski definition) is 4. The van der Waals surface area contributed by atoms with Crippen molar-refractivity contribution in [1.82, 2.24) is 14.9 Å². The molecule has 0 saturated carbocycles. The van der Waals surface area contributed by atoms with Crippen LogP contribution < -0.4 is 5.32 Å². The first-order valence-electron chi connectivity index (χ1n) is 7.90. The number of carbonyl (C=O) groups is 1. The second-order valence-electron chi connectivity index (χ2n) is 6.04. The van der Waals surface area contributed by atoms with Gasteiger partial charge in [0.15, 0.2) is 0 Å². The molecular formula is C18H24N4O. The molecule has 0 bridgehead atoms. The van der Waals surface area contributed by atoms with Crippen molar-refractivity contribution in [2.75, 3.05) is 25.5 Å². The van der Waals surface area contributed by atoms with Crippen LogP contribution in [-0.4, -0.2) is 40.9 Å². The van der Waals surface area contributed by atoms with Crippen molar-refractivity contribution in [1.29, 1.82) is 0 Å². The Bertz CT molecular complexity index is 611. The van der Waals surface area contributed by atoms with E-state index in [-0.39, 0.29) is 5.91 Å². The molecule has 0 spiro atoms. The molecule has 0 unspecified atom stereocenters. The van der Waals surface area contributed by atoms with Crippen LogP contribution in [0.4, 0.5) is 5.82 Å². The molecule has 23 heavy (non-hydrogen) atoms. The average Bonchev–Trinajstić information content (AvgIpc) is 2.58. The third-order valence-electron chi connectivity index (χ3n) is 3.53. The molecule has 0 aliphatic rings. The molecule has 2 rings (SSSR count). The minimum absolute atomic E-state index is 0.0121. The number of aromatic nitrogens is 2. The summed E-state index contributed by atoms with van der Waals surface area (Å²) in [6, 6.07) is 7.61. The highest BCUT2D eigenvalue weighted by molar-refractivity contribution is 5.93. The maximum absolute atomic E-state index is 12.4. The maximum Gasteiger partial charge on any atom is 0.255 e. The van der Waals surface area contributed by atoms with Gasteiger partial charge in [0, 0.05) is 38.7 Å². The molecule has 0 fully saturated rings. The molecule has 122 valence electrons. The smallest absolute Gasteiger partial charge is 0.255 e. The summed E-state index contributed by atoms with van der Waals surface area (Å²) in [5.74, 6) is 1.34. The molecule has 1 amide bonds. The molecule has 2 aromatic heterocycles. The van der Waals surface area contributed by atoms with E-state index in [1.807, 2.05) is 31.3 Å². The molecule has 2 heterocycles. The minimum Gasteiger partial charge on any atom is -0.370 e. The summed E-state index contributed by atoms with van der Waals surface area (Å²) in [7, 11) is 1.81. The Labute approximate surface area is 137 Å². The van der Waals surface area contributed by atoms with Crippen molar-refractivity contribution in [3.8, 4) is 0 Å². The molecule has 5 heteroatoms. The summed E-state index contributed by atoms with van der Waals surface area (Å²) >= 11 is 0. The minimum atomic E-state index is -0.0121. The van der Waals surface area contributed by atoms with Crippen molar-refractivity contribution in [2.45, 2.75) is 20.3 Å². The average molecular weight is 312 g/mol. The van der Waals surface area contributed by atoms with Gasteiger partial charge in [0.1, 0.15) is 5.82 Å². The molecule has 0 aliphatic carbocycles. The Kier molecular flexibility index (Phi) is 6.09. The van der Waals surface area contributed by atoms with Crippen LogP contribution >= 0.6 is 0 Å². The molecule has 0 aliphatic heterocycles. The molecule has 2 aromatic rings. The summed E-state index contributed by atoms with van der Waals surface area (Å²) in [5, 5.41) is 3.24. The second-order valence-corrected chi connectivity index (χ2v) is 6.04. The van der Waals surface area contributed by atoms with E-state index in [9.17, 15) is 4.79 Å². The zero-order valence-corrected chi connectivity index (χ0v) is 14.0. The Morgan fingerprint density at radius 2 is 1.96 bits per heavy atom. The predicted octanol–water partition coefficient (Wildman–Crippen LogP) is 2.86. The number of likely N-dealkylation sites (N-methyl/N-ethyl adjacent to an activating group) is 1. The summed E-state index contributed by atoms with van der Waals surface area (Å²) < 4.78 is 0. The number of nitrogens with zero attached hydrogens (tertiary/aromatic N) is 3. The van der Waals surface area contributed by atoms with Crippen molar-refractivity contribution < 1.29 is 4.79 Å². The first-order chi connectivity index (χ1) is 11.1. The molecule has 0 radical (unpaired) electrons. The predicted molar refractivity (Wildman–Crippen MR) is 92.5 cm³/mol. The summed E-state index contributed by atoms with van der Waals surface area (Å²) in [5.41, 5.74) is 1.78. The zero-order chi connectivity index (χ0) is 16.7. The van der Waals surface area contributed by atoms with Gasteiger partial charge in [0.25, 0.3) is 5.91 Å². The van der Waals surface area contributed by atoms with Crippen molar-refractivity contribution >= 4 is 11.7 Å². The van der Waals surface area contributed by atoms with Crippen molar-refractivity contribution in [3.63, 3.8) is 0 Å². The lowest BCUT2D eigenvalue weighted by Crippen LogP contribution is -2.29. The monoisotopic (exact) mass is 312 g/mol. The summed E-state index contributed by atoms with van der Waals surface area (Å²) in [6.45, 7) is 5.81. The van der Waals surface area contributed by atoms with Crippen LogP contribution in [-0.2, 0) is 6.42 Å². The highest BCUT2D eigenvalue weighted by atomic mass is 16.2. The van der Waals surface area contributed by atoms with E-state index in [0.29, 0.717) is 18.0 Å². The fourth-order valence-electron chi connectivity index (χ4n) is 2.10. The van der Waals surface area contributed by atoms with E-state index in [4.69, 9.17) is 0 Å². The topological polar surface area (TPSA) is 58.1 Å². The Hall–Kier alpha value is -2.43. The van der Waals surface area contributed by atoms with Crippen LogP contribution in [0.3, 0.4) is 0 Å². The van der Waals surface area contributed by atoms with E-state index >= 15 is 0 Å². The molecular weight excluding hydrogens is 288 g/mol. The Balaban J connectivity index is 1.88. The maximum atomic E-state index is 12.4. The third kappa shape index (κ3) is 5.36. The van der Waals surface area contributed by atoms with E-state index < -0.39 is 0 Å². The van der Waals surface area contributed by atoms with Crippen LogP contribution in [0.2, 0.25) is 0 Å². The van der Waals surface area contributed by atoms with Gasteiger partial charge in [-0.3, -0.25) is 9.78 Å². The van der Waals surface area contributed by atoms with Crippen LogP contribution in [0.5, 0.6) is 0 Å². The van der Waals surface area contributed by atoms with E-state index in [1.165, 1.54) is 5.56 Å². The summed E-state index contributed by atoms with van der Waals surface area (Å²) in [6.07, 6.45) is 5.98. The van der Waals surface area contributed by atoms with Gasteiger partial charge in [0.05, 0.1) is 5.56 Å². The number of rotatable bonds is 7. The number of anilines is 1. The number of carbonyl (C=O) groups excluding carboxylic acids is 1. The lowest BCUT2D eigenvalue weighted by atomic mass is 10.2. The largest absolute Gasteiger partial charge is 0.370 e. The van der Waals surface area contributed by atoms with E-state index in [2.05, 4.69) is 29.1 Å². The normalized spacial score (nSPS) is 10.6. The van der Waals surface area contributed by atoms with Gasteiger partial charge in [-0.2, -0.15) is 0 Å². The quantitative estimate of drug-likeness (QED) is 0.854. The van der Waals surface area contributed by atoms with Gasteiger partial charge in [0.2, 0.25) is 0 Å². The molecule has 0 aromatic carbocycles. The fraction of sp³-hybridized carbons (Fsp3) is 0.389. The van der Waals surface area contributed by atoms with Gasteiger partial charge in [-0.05, 0) is 42.2 Å². The molecule has 5 nitrogen and oxygen atoms in total. The van der Waals surface area contributed by atoms with Crippen molar-refractivity contribution in [2.24, 2.45) is 5.92 Å². The van der Waals surface area contributed by atoms with E-state index in [1.54, 1.807) is 23.5 Å². The Morgan fingerprint density at radius 1 is 1.22 bits per heavy atom. The van der Waals surface area contributed by atoms with Gasteiger partial charge in [-0.1, -0.05) is 13.8 Å². The SMILES string of the molecule is CC(C)CNc1ccc(C(=O)N(C)CCc2ccncc2)cn1. The highest BCUT2D eigenvalue weighted by Crippen LogP contribution is 2.09. The summed E-state index contributed by atoms with van der Waals surface area (Å²) in [4.78, 5) is 22.4. The van der Waals surface area contributed by atoms with Crippen LogP contribution in [0.15, 0.2) is 42.9 Å². The number of nitrogens with one attached hydrogen (secondary N) is 1. The first kappa shape index (κ1) is 16.9. The molecule has 1 N–H and O–H groups in total. The molecule has 0 saturated heterocycles. The number of amides is 1.